The fourth-order valence-electron chi connectivity index (χ4n) is 2.52. The molecule has 0 spiro atoms. The Morgan fingerprint density at radius 2 is 1.69 bits per heavy atom. The third-order valence-corrected chi connectivity index (χ3v) is 4.03. The number of nitrogens with zero attached hydrogens (tertiary/aromatic N) is 2. The number of hydrogen-bond acceptors (Lipinski definition) is 3. The van der Waals surface area contributed by atoms with Crippen LogP contribution in [0.5, 0.6) is 5.75 Å². The topological polar surface area (TPSA) is 51.1 Å². The van der Waals surface area contributed by atoms with E-state index < -0.39 is 35.4 Å². The van der Waals surface area contributed by atoms with E-state index in [0.29, 0.717) is 12.3 Å². The molecule has 0 aliphatic rings. The lowest BCUT2D eigenvalue weighted by molar-refractivity contribution is 0.340. The largest absolute Gasteiger partial charge is 0.494 e. The van der Waals surface area contributed by atoms with Crippen LogP contribution in [0.1, 0.15) is 12.5 Å². The number of ether oxygens (including phenoxy) is 1. The molecule has 3 rings (SSSR count). The van der Waals surface area contributed by atoms with Gasteiger partial charge in [-0.2, -0.15) is 5.10 Å². The summed E-state index contributed by atoms with van der Waals surface area (Å²) in [4.78, 5) is 0. The summed E-state index contributed by atoms with van der Waals surface area (Å²) in [5, 5.41) is 10.0. The van der Waals surface area contributed by atoms with Crippen LogP contribution in [0.3, 0.4) is 0 Å². The van der Waals surface area contributed by atoms with E-state index in [1.165, 1.54) is 12.3 Å². The number of halogens is 4. The zero-order chi connectivity index (χ0) is 21.0. The average Bonchev–Trinajstić information content (AvgIpc) is 3.12. The highest BCUT2D eigenvalue weighted by molar-refractivity contribution is 7.80. The van der Waals surface area contributed by atoms with Crippen molar-refractivity contribution in [1.29, 1.82) is 0 Å². The molecule has 0 fully saturated rings. The smallest absolute Gasteiger partial charge is 0.176 e. The molecule has 1 heterocycles. The Hall–Kier alpha value is -3.14. The Morgan fingerprint density at radius 1 is 1.03 bits per heavy atom. The lowest BCUT2D eigenvalue weighted by atomic mass is 10.2. The number of thiocarbonyl (C=S) groups is 1. The summed E-state index contributed by atoms with van der Waals surface area (Å²) in [6, 6.07) is 8.78. The summed E-state index contributed by atoms with van der Waals surface area (Å²) in [6.07, 6.45) is 1.39. The monoisotopic (exact) mass is 424 g/mol. The van der Waals surface area contributed by atoms with E-state index in [1.807, 2.05) is 6.92 Å². The number of anilines is 2. The molecule has 1 aromatic heterocycles. The SMILES string of the molecule is CCOc1ccc(NC(=S)Nc2ccn(Cc3c(F)c(F)cc(F)c3F)n2)cc1. The van der Waals surface area contributed by atoms with Gasteiger partial charge in [-0.05, 0) is 43.4 Å². The fourth-order valence-corrected chi connectivity index (χ4v) is 2.74. The van der Waals surface area contributed by atoms with Gasteiger partial charge in [0, 0.05) is 24.0 Å². The Balaban J connectivity index is 1.64. The van der Waals surface area contributed by atoms with Crippen molar-refractivity contribution in [2.45, 2.75) is 13.5 Å². The van der Waals surface area contributed by atoms with Gasteiger partial charge in [0.15, 0.2) is 34.2 Å². The molecule has 5 nitrogen and oxygen atoms in total. The first-order valence-corrected chi connectivity index (χ1v) is 8.94. The second-order valence-electron chi connectivity index (χ2n) is 5.88. The van der Waals surface area contributed by atoms with Crippen molar-refractivity contribution in [1.82, 2.24) is 9.78 Å². The molecule has 0 saturated heterocycles. The third kappa shape index (κ3) is 5.02. The van der Waals surface area contributed by atoms with E-state index in [2.05, 4.69) is 15.7 Å². The van der Waals surface area contributed by atoms with Crippen LogP contribution in [0, 0.1) is 23.3 Å². The molecule has 152 valence electrons. The van der Waals surface area contributed by atoms with Crippen LogP contribution in [-0.2, 0) is 6.54 Å². The molecule has 0 radical (unpaired) electrons. The summed E-state index contributed by atoms with van der Waals surface area (Å²) in [6.45, 7) is 1.95. The van der Waals surface area contributed by atoms with Crippen molar-refractivity contribution in [2.24, 2.45) is 0 Å². The van der Waals surface area contributed by atoms with Gasteiger partial charge in [0.1, 0.15) is 5.75 Å². The summed E-state index contributed by atoms with van der Waals surface area (Å²) in [5.41, 5.74) is -0.0444. The summed E-state index contributed by atoms with van der Waals surface area (Å²) in [5.74, 6) is -4.84. The van der Waals surface area contributed by atoms with Crippen molar-refractivity contribution >= 4 is 28.8 Å². The van der Waals surface area contributed by atoms with Crippen LogP contribution in [0.15, 0.2) is 42.6 Å². The standard InChI is InChI=1S/C19H16F4N4OS/c1-2-28-12-5-3-11(4-6-12)24-19(29)25-16-7-8-27(26-16)10-13-17(22)14(20)9-15(21)18(13)23/h3-9H,2,10H2,1H3,(H2,24,25,26,29). The van der Waals surface area contributed by atoms with Crippen LogP contribution in [0.4, 0.5) is 29.1 Å². The summed E-state index contributed by atoms with van der Waals surface area (Å²) < 4.78 is 60.7. The average molecular weight is 424 g/mol. The second-order valence-corrected chi connectivity index (χ2v) is 6.29. The van der Waals surface area contributed by atoms with Crippen LogP contribution in [0.25, 0.3) is 0 Å². The number of nitrogens with one attached hydrogen (secondary N) is 2. The Kier molecular flexibility index (Phi) is 6.32. The number of benzene rings is 2. The van der Waals surface area contributed by atoms with Gasteiger partial charge in [0.2, 0.25) is 0 Å². The first kappa shape index (κ1) is 20.6. The molecule has 2 aromatic carbocycles. The molecule has 29 heavy (non-hydrogen) atoms. The van der Waals surface area contributed by atoms with Gasteiger partial charge in [-0.1, -0.05) is 0 Å². The van der Waals surface area contributed by atoms with Crippen molar-refractivity contribution in [3.63, 3.8) is 0 Å². The Labute approximate surface area is 169 Å². The van der Waals surface area contributed by atoms with Crippen LogP contribution < -0.4 is 15.4 Å². The van der Waals surface area contributed by atoms with Gasteiger partial charge >= 0.3 is 0 Å². The Bertz CT molecular complexity index is 998. The van der Waals surface area contributed by atoms with Gasteiger partial charge < -0.3 is 15.4 Å². The van der Waals surface area contributed by atoms with Gasteiger partial charge in [-0.25, -0.2) is 17.6 Å². The quantitative estimate of drug-likeness (QED) is 0.342. The maximum atomic E-state index is 13.8. The molecular formula is C19H16F4N4OS. The minimum atomic E-state index is -1.47. The normalized spacial score (nSPS) is 10.7. The Morgan fingerprint density at radius 3 is 2.31 bits per heavy atom. The number of rotatable bonds is 6. The second kappa shape index (κ2) is 8.91. The van der Waals surface area contributed by atoms with Gasteiger partial charge in [-0.15, -0.1) is 0 Å². The molecule has 0 aliphatic heterocycles. The van der Waals surface area contributed by atoms with E-state index in [0.717, 1.165) is 10.4 Å². The van der Waals surface area contributed by atoms with E-state index in [9.17, 15) is 17.6 Å². The van der Waals surface area contributed by atoms with E-state index in [-0.39, 0.29) is 17.0 Å². The molecule has 3 aromatic rings. The summed E-state index contributed by atoms with van der Waals surface area (Å²) in [7, 11) is 0. The van der Waals surface area contributed by atoms with E-state index >= 15 is 0 Å². The predicted molar refractivity (Wildman–Crippen MR) is 105 cm³/mol. The number of hydrogen-bond donors (Lipinski definition) is 2. The molecule has 0 unspecified atom stereocenters. The third-order valence-electron chi connectivity index (χ3n) is 3.83. The zero-order valence-electron chi connectivity index (χ0n) is 15.2. The molecule has 0 bridgehead atoms. The molecule has 0 atom stereocenters. The maximum Gasteiger partial charge on any atom is 0.176 e. The minimum Gasteiger partial charge on any atom is -0.494 e. The van der Waals surface area contributed by atoms with Crippen LogP contribution in [-0.4, -0.2) is 21.5 Å². The number of aromatic nitrogens is 2. The minimum absolute atomic E-state index is 0.162. The lowest BCUT2D eigenvalue weighted by Crippen LogP contribution is -2.19. The van der Waals surface area contributed by atoms with E-state index in [4.69, 9.17) is 17.0 Å². The zero-order valence-corrected chi connectivity index (χ0v) is 16.0. The fraction of sp³-hybridized carbons (Fsp3) is 0.158. The first-order valence-electron chi connectivity index (χ1n) is 8.53. The molecule has 2 N–H and O–H groups in total. The van der Waals surface area contributed by atoms with Crippen molar-refractivity contribution in [3.8, 4) is 5.75 Å². The first-order chi connectivity index (χ1) is 13.9. The molecule has 0 amide bonds. The predicted octanol–water partition coefficient (Wildman–Crippen LogP) is 4.70. The highest BCUT2D eigenvalue weighted by Crippen LogP contribution is 2.21. The van der Waals surface area contributed by atoms with Crippen molar-refractivity contribution in [2.75, 3.05) is 17.2 Å². The van der Waals surface area contributed by atoms with Crippen LogP contribution in [0.2, 0.25) is 0 Å². The maximum absolute atomic E-state index is 13.8. The van der Waals surface area contributed by atoms with Crippen LogP contribution >= 0.6 is 12.2 Å². The molecule has 0 aliphatic carbocycles. The van der Waals surface area contributed by atoms with Gasteiger partial charge in [0.05, 0.1) is 18.7 Å². The van der Waals surface area contributed by atoms with Crippen molar-refractivity contribution in [3.05, 3.63) is 71.4 Å². The summed E-state index contributed by atoms with van der Waals surface area (Å²) >= 11 is 5.19. The molecule has 10 heteroatoms. The molecular weight excluding hydrogens is 408 g/mol. The highest BCUT2D eigenvalue weighted by atomic mass is 32.1. The molecule has 0 saturated carbocycles. The van der Waals surface area contributed by atoms with Crippen molar-refractivity contribution < 1.29 is 22.3 Å². The van der Waals surface area contributed by atoms with Gasteiger partial charge in [0.25, 0.3) is 0 Å². The van der Waals surface area contributed by atoms with Gasteiger partial charge in [-0.3, -0.25) is 4.68 Å². The lowest BCUT2D eigenvalue weighted by Gasteiger charge is -2.10. The van der Waals surface area contributed by atoms with E-state index in [1.54, 1.807) is 24.3 Å². The highest BCUT2D eigenvalue weighted by Gasteiger charge is 2.19.